The number of hydrogen-bond acceptors (Lipinski definition) is 5. The third kappa shape index (κ3) is 3.86. The minimum absolute atomic E-state index is 0.0691. The van der Waals surface area contributed by atoms with Gasteiger partial charge in [-0.05, 0) is 37.3 Å². The van der Waals surface area contributed by atoms with Crippen LogP contribution in [-0.2, 0) is 4.74 Å². The molecule has 0 aliphatic carbocycles. The lowest BCUT2D eigenvalue weighted by Gasteiger charge is -2.38. The first kappa shape index (κ1) is 19.5. The molecule has 1 atom stereocenters. The number of fused-ring (bicyclic) bond motifs is 1. The van der Waals surface area contributed by atoms with Crippen LogP contribution in [0.1, 0.15) is 43.6 Å². The summed E-state index contributed by atoms with van der Waals surface area (Å²) in [7, 11) is 0. The van der Waals surface area contributed by atoms with Gasteiger partial charge in [0.25, 0.3) is 5.91 Å². The summed E-state index contributed by atoms with van der Waals surface area (Å²) in [5.74, 6) is 0.421. The van der Waals surface area contributed by atoms with Crippen molar-refractivity contribution >= 4 is 22.9 Å². The fraction of sp³-hybridized carbons (Fsp3) is 0.500. The zero-order chi connectivity index (χ0) is 20.5. The number of aromatic nitrogens is 1. The molecule has 1 aromatic heterocycles. The third-order valence-electron chi connectivity index (χ3n) is 5.81. The number of carbonyl (C=O) groups excluding carboxylic acids is 2. The predicted molar refractivity (Wildman–Crippen MR) is 109 cm³/mol. The first-order valence-corrected chi connectivity index (χ1v) is 10.3. The van der Waals surface area contributed by atoms with Crippen molar-refractivity contribution in [2.75, 3.05) is 19.7 Å². The molecule has 29 heavy (non-hydrogen) atoms. The van der Waals surface area contributed by atoms with Crippen LogP contribution in [0, 0.1) is 5.92 Å². The summed E-state index contributed by atoms with van der Waals surface area (Å²) in [4.78, 5) is 33.2. The first-order valence-electron chi connectivity index (χ1n) is 10.3. The fourth-order valence-corrected chi connectivity index (χ4v) is 4.40. The Labute approximate surface area is 170 Å². The summed E-state index contributed by atoms with van der Waals surface area (Å²) < 4.78 is 5.30. The van der Waals surface area contributed by atoms with Gasteiger partial charge < -0.3 is 14.7 Å². The highest BCUT2D eigenvalue weighted by atomic mass is 16.6. The van der Waals surface area contributed by atoms with Crippen LogP contribution in [0.3, 0.4) is 0 Å². The Kier molecular flexibility index (Phi) is 5.30. The van der Waals surface area contributed by atoms with Crippen LogP contribution in [0.2, 0.25) is 0 Å². The van der Waals surface area contributed by atoms with E-state index in [1.807, 2.05) is 11.0 Å². The van der Waals surface area contributed by atoms with Gasteiger partial charge in [0, 0.05) is 24.5 Å². The molecule has 4 rings (SSSR count). The number of para-hydroxylation sites is 1. The van der Waals surface area contributed by atoms with Crippen molar-refractivity contribution in [2.45, 2.75) is 45.2 Å². The van der Waals surface area contributed by atoms with Crippen molar-refractivity contribution in [1.82, 2.24) is 14.8 Å². The number of carbonyl (C=O) groups is 2. The molecular weight excluding hydrogens is 370 g/mol. The minimum atomic E-state index is -0.230. The Morgan fingerprint density at radius 3 is 2.72 bits per heavy atom. The molecule has 1 aromatic carbocycles. The lowest BCUT2D eigenvalue weighted by molar-refractivity contribution is 0.0625. The molecule has 3 heterocycles. The highest BCUT2D eigenvalue weighted by Crippen LogP contribution is 2.28. The van der Waals surface area contributed by atoms with E-state index in [9.17, 15) is 14.7 Å². The third-order valence-corrected chi connectivity index (χ3v) is 5.81. The number of amides is 2. The summed E-state index contributed by atoms with van der Waals surface area (Å²) in [6, 6.07) is 8.90. The van der Waals surface area contributed by atoms with Gasteiger partial charge in [0.1, 0.15) is 23.6 Å². The summed E-state index contributed by atoms with van der Waals surface area (Å²) >= 11 is 0. The molecule has 2 aromatic rings. The minimum Gasteiger partial charge on any atom is -0.506 e. The quantitative estimate of drug-likeness (QED) is 0.855. The molecule has 7 nitrogen and oxygen atoms in total. The van der Waals surface area contributed by atoms with Gasteiger partial charge in [0.05, 0.1) is 6.04 Å². The Bertz CT molecular complexity index is 921. The molecule has 2 fully saturated rings. The predicted octanol–water partition coefficient (Wildman–Crippen LogP) is 3.41. The first-order chi connectivity index (χ1) is 13.9. The standard InChI is InChI=1S/C22H27N3O4/c1-14(2)12-17-13-29-22(28)25(17)16-8-10-24(11-9-16)21(27)18-7-6-15-4-3-5-19(26)20(15)23-18/h3-7,14,16-17,26H,8-13H2,1-2H3. The number of hydrogen-bond donors (Lipinski definition) is 1. The maximum absolute atomic E-state index is 12.9. The number of aromatic hydroxyl groups is 1. The van der Waals surface area contributed by atoms with Crippen molar-refractivity contribution in [3.8, 4) is 5.75 Å². The Balaban J connectivity index is 1.43. The van der Waals surface area contributed by atoms with Crippen LogP contribution in [0.25, 0.3) is 10.9 Å². The van der Waals surface area contributed by atoms with Crippen LogP contribution in [0.5, 0.6) is 5.75 Å². The summed E-state index contributed by atoms with van der Waals surface area (Å²) in [6.45, 7) is 5.90. The Hall–Kier alpha value is -2.83. The van der Waals surface area contributed by atoms with Crippen molar-refractivity contribution in [3.05, 3.63) is 36.0 Å². The molecule has 0 bridgehead atoms. The van der Waals surface area contributed by atoms with Gasteiger partial charge in [-0.25, -0.2) is 9.78 Å². The Morgan fingerprint density at radius 2 is 2.00 bits per heavy atom. The number of piperidine rings is 1. The topological polar surface area (TPSA) is 83.0 Å². The van der Waals surface area contributed by atoms with E-state index >= 15 is 0 Å². The zero-order valence-electron chi connectivity index (χ0n) is 16.9. The number of likely N-dealkylation sites (tertiary alicyclic amines) is 1. The van der Waals surface area contributed by atoms with E-state index in [1.54, 1.807) is 29.2 Å². The molecule has 0 radical (unpaired) electrons. The molecule has 2 amide bonds. The van der Waals surface area contributed by atoms with Crippen LogP contribution < -0.4 is 0 Å². The van der Waals surface area contributed by atoms with E-state index in [0.717, 1.165) is 24.6 Å². The van der Waals surface area contributed by atoms with Crippen LogP contribution in [-0.4, -0.2) is 63.7 Å². The number of rotatable bonds is 4. The van der Waals surface area contributed by atoms with Gasteiger partial charge in [-0.3, -0.25) is 9.69 Å². The van der Waals surface area contributed by atoms with Crippen LogP contribution in [0.4, 0.5) is 4.79 Å². The molecule has 2 saturated heterocycles. The highest BCUT2D eigenvalue weighted by Gasteiger charge is 2.40. The van der Waals surface area contributed by atoms with Crippen LogP contribution in [0.15, 0.2) is 30.3 Å². The van der Waals surface area contributed by atoms with Gasteiger partial charge in [-0.1, -0.05) is 32.0 Å². The smallest absolute Gasteiger partial charge is 0.410 e. The maximum Gasteiger partial charge on any atom is 0.410 e. The zero-order valence-corrected chi connectivity index (χ0v) is 16.9. The summed E-state index contributed by atoms with van der Waals surface area (Å²) in [5.41, 5.74) is 0.764. The lowest BCUT2D eigenvalue weighted by Crippen LogP contribution is -2.50. The number of ether oxygens (including phenoxy) is 1. The van der Waals surface area contributed by atoms with E-state index < -0.39 is 0 Å². The van der Waals surface area contributed by atoms with Gasteiger partial charge in [-0.15, -0.1) is 0 Å². The Morgan fingerprint density at radius 1 is 1.24 bits per heavy atom. The number of phenolic OH excluding ortho intramolecular Hbond substituents is 1. The van der Waals surface area contributed by atoms with Crippen molar-refractivity contribution in [3.63, 3.8) is 0 Å². The number of nitrogens with zero attached hydrogens (tertiary/aromatic N) is 3. The number of benzene rings is 1. The van der Waals surface area contributed by atoms with E-state index in [1.165, 1.54) is 0 Å². The maximum atomic E-state index is 12.9. The lowest BCUT2D eigenvalue weighted by atomic mass is 9.98. The molecule has 7 heteroatoms. The molecule has 0 saturated carbocycles. The summed E-state index contributed by atoms with van der Waals surface area (Å²) in [6.07, 6.45) is 2.16. The van der Waals surface area contributed by atoms with E-state index in [0.29, 0.717) is 36.8 Å². The number of phenols is 1. The average Bonchev–Trinajstić information content (AvgIpc) is 3.07. The average molecular weight is 397 g/mol. The molecule has 0 spiro atoms. The summed E-state index contributed by atoms with van der Waals surface area (Å²) in [5, 5.41) is 10.8. The monoisotopic (exact) mass is 397 g/mol. The van der Waals surface area contributed by atoms with Gasteiger partial charge in [0.2, 0.25) is 0 Å². The fourth-order valence-electron chi connectivity index (χ4n) is 4.40. The van der Waals surface area contributed by atoms with Gasteiger partial charge in [0.15, 0.2) is 0 Å². The molecule has 154 valence electrons. The second-order valence-corrected chi connectivity index (χ2v) is 8.34. The SMILES string of the molecule is CC(C)CC1COC(=O)N1C1CCN(C(=O)c2ccc3cccc(O)c3n2)CC1. The van der Waals surface area contributed by atoms with Gasteiger partial charge >= 0.3 is 6.09 Å². The van der Waals surface area contributed by atoms with Crippen molar-refractivity contribution < 1.29 is 19.4 Å². The molecular formula is C22H27N3O4. The number of cyclic esters (lactones) is 1. The highest BCUT2D eigenvalue weighted by molar-refractivity contribution is 5.96. The molecule has 2 aliphatic heterocycles. The molecule has 1 unspecified atom stereocenters. The van der Waals surface area contributed by atoms with Gasteiger partial charge in [-0.2, -0.15) is 0 Å². The largest absolute Gasteiger partial charge is 0.506 e. The molecule has 2 aliphatic rings. The van der Waals surface area contributed by atoms with Crippen LogP contribution >= 0.6 is 0 Å². The second-order valence-electron chi connectivity index (χ2n) is 8.34. The molecule has 1 N–H and O–H groups in total. The van der Waals surface area contributed by atoms with E-state index in [2.05, 4.69) is 18.8 Å². The van der Waals surface area contributed by atoms with E-state index in [4.69, 9.17) is 4.74 Å². The number of pyridine rings is 1. The second kappa shape index (κ2) is 7.89. The van der Waals surface area contributed by atoms with Crippen molar-refractivity contribution in [1.29, 1.82) is 0 Å². The van der Waals surface area contributed by atoms with Crippen molar-refractivity contribution in [2.24, 2.45) is 5.92 Å². The van der Waals surface area contributed by atoms with E-state index in [-0.39, 0.29) is 29.8 Å². The normalized spacial score (nSPS) is 20.5.